The zero-order chi connectivity index (χ0) is 23.0. The SMILES string of the molecule is Cc1cc(NC(=O)Cn2ncc(=O)c3ccccc32)n(-c2cc(C(F)(F)F)ccc2Cl)n1. The number of benzene rings is 2. The van der Waals surface area contributed by atoms with Crippen LogP contribution in [0.25, 0.3) is 16.6 Å². The Kier molecular flexibility index (Phi) is 5.47. The first-order valence-corrected chi connectivity index (χ1v) is 9.70. The first-order valence-electron chi connectivity index (χ1n) is 9.32. The van der Waals surface area contributed by atoms with Crippen LogP contribution in [0.5, 0.6) is 0 Å². The van der Waals surface area contributed by atoms with Crippen molar-refractivity contribution in [3.63, 3.8) is 0 Å². The van der Waals surface area contributed by atoms with E-state index in [9.17, 15) is 22.8 Å². The van der Waals surface area contributed by atoms with Crippen molar-refractivity contribution in [2.75, 3.05) is 5.32 Å². The van der Waals surface area contributed by atoms with Crippen molar-refractivity contribution in [3.8, 4) is 5.69 Å². The number of carbonyl (C=O) groups excluding carboxylic acids is 1. The van der Waals surface area contributed by atoms with E-state index in [1.807, 2.05) is 0 Å². The molecule has 7 nitrogen and oxygen atoms in total. The van der Waals surface area contributed by atoms with Crippen molar-refractivity contribution in [2.45, 2.75) is 19.6 Å². The average Bonchev–Trinajstić information content (AvgIpc) is 3.09. The highest BCUT2D eigenvalue weighted by Crippen LogP contribution is 2.34. The van der Waals surface area contributed by atoms with E-state index in [0.717, 1.165) is 29.1 Å². The molecular weight excluding hydrogens is 447 g/mol. The number of fused-ring (bicyclic) bond motifs is 1. The van der Waals surface area contributed by atoms with E-state index < -0.39 is 17.6 Å². The molecule has 0 saturated carbocycles. The molecule has 0 aliphatic heterocycles. The Balaban J connectivity index is 1.66. The van der Waals surface area contributed by atoms with Gasteiger partial charge in [0.2, 0.25) is 11.3 Å². The number of amides is 1. The Labute approximate surface area is 184 Å². The maximum Gasteiger partial charge on any atom is 0.416 e. The molecule has 0 atom stereocenters. The van der Waals surface area contributed by atoms with Gasteiger partial charge in [-0.2, -0.15) is 23.4 Å². The smallest absolute Gasteiger partial charge is 0.309 e. The van der Waals surface area contributed by atoms with Crippen LogP contribution in [0.3, 0.4) is 0 Å². The minimum Gasteiger partial charge on any atom is -0.309 e. The Morgan fingerprint density at radius 1 is 1.16 bits per heavy atom. The monoisotopic (exact) mass is 461 g/mol. The van der Waals surface area contributed by atoms with Gasteiger partial charge in [0, 0.05) is 11.5 Å². The zero-order valence-electron chi connectivity index (χ0n) is 16.5. The Morgan fingerprint density at radius 3 is 2.66 bits per heavy atom. The van der Waals surface area contributed by atoms with Crippen molar-refractivity contribution < 1.29 is 18.0 Å². The molecule has 1 N–H and O–H groups in total. The van der Waals surface area contributed by atoms with E-state index >= 15 is 0 Å². The van der Waals surface area contributed by atoms with E-state index in [1.165, 1.54) is 10.7 Å². The van der Waals surface area contributed by atoms with Crippen molar-refractivity contribution in [1.29, 1.82) is 0 Å². The Hall–Kier alpha value is -3.66. The second kappa shape index (κ2) is 8.12. The lowest BCUT2D eigenvalue weighted by molar-refractivity contribution is -0.137. The zero-order valence-corrected chi connectivity index (χ0v) is 17.3. The second-order valence-corrected chi connectivity index (χ2v) is 7.39. The fourth-order valence-corrected chi connectivity index (χ4v) is 3.43. The number of rotatable bonds is 4. The summed E-state index contributed by atoms with van der Waals surface area (Å²) in [6.45, 7) is 1.39. The molecular formula is C21H15ClF3N5O2. The number of aryl methyl sites for hydroxylation is 1. The molecule has 4 aromatic rings. The topological polar surface area (TPSA) is 81.8 Å². The highest BCUT2D eigenvalue weighted by molar-refractivity contribution is 6.32. The summed E-state index contributed by atoms with van der Waals surface area (Å²) in [6, 6.07) is 11.1. The highest BCUT2D eigenvalue weighted by atomic mass is 35.5. The van der Waals surface area contributed by atoms with Gasteiger partial charge in [-0.15, -0.1) is 0 Å². The number of hydrogen-bond acceptors (Lipinski definition) is 4. The summed E-state index contributed by atoms with van der Waals surface area (Å²) in [6.07, 6.45) is -3.45. The molecule has 0 radical (unpaired) electrons. The lowest BCUT2D eigenvalue weighted by Gasteiger charge is -2.14. The van der Waals surface area contributed by atoms with Crippen molar-refractivity contribution >= 4 is 34.2 Å². The van der Waals surface area contributed by atoms with Crippen molar-refractivity contribution in [1.82, 2.24) is 19.6 Å². The fourth-order valence-electron chi connectivity index (χ4n) is 3.23. The normalized spacial score (nSPS) is 11.7. The number of nitrogens with zero attached hydrogens (tertiary/aromatic N) is 4. The molecule has 2 aromatic carbocycles. The van der Waals surface area contributed by atoms with Gasteiger partial charge in [-0.3, -0.25) is 14.3 Å². The third-order valence-electron chi connectivity index (χ3n) is 4.66. The van der Waals surface area contributed by atoms with Gasteiger partial charge in [-0.25, -0.2) is 4.68 Å². The number of nitrogens with one attached hydrogen (secondary N) is 1. The molecule has 0 spiro atoms. The number of alkyl halides is 3. The molecule has 32 heavy (non-hydrogen) atoms. The van der Waals surface area contributed by atoms with Crippen LogP contribution in [-0.4, -0.2) is 25.5 Å². The van der Waals surface area contributed by atoms with E-state index in [2.05, 4.69) is 15.5 Å². The Bertz CT molecular complexity index is 1390. The summed E-state index contributed by atoms with van der Waals surface area (Å²) < 4.78 is 42.0. The maximum atomic E-state index is 13.2. The molecule has 0 aliphatic rings. The molecule has 164 valence electrons. The predicted octanol–water partition coefficient (Wildman–Crippen LogP) is 4.20. The first kappa shape index (κ1) is 21.6. The van der Waals surface area contributed by atoms with Gasteiger partial charge in [-0.05, 0) is 37.3 Å². The molecule has 4 rings (SSSR count). The molecule has 2 heterocycles. The third-order valence-corrected chi connectivity index (χ3v) is 4.98. The van der Waals surface area contributed by atoms with Gasteiger partial charge < -0.3 is 5.32 Å². The number of para-hydroxylation sites is 1. The quantitative estimate of drug-likeness (QED) is 0.494. The maximum absolute atomic E-state index is 13.2. The van der Waals surface area contributed by atoms with Gasteiger partial charge >= 0.3 is 6.18 Å². The van der Waals surface area contributed by atoms with E-state index in [4.69, 9.17) is 11.6 Å². The van der Waals surface area contributed by atoms with Gasteiger partial charge in [0.15, 0.2) is 0 Å². The molecule has 0 aliphatic carbocycles. The summed E-state index contributed by atoms with van der Waals surface area (Å²) >= 11 is 6.12. The molecule has 11 heteroatoms. The third kappa shape index (κ3) is 4.22. The summed E-state index contributed by atoms with van der Waals surface area (Å²) in [5.74, 6) is -0.380. The predicted molar refractivity (Wildman–Crippen MR) is 113 cm³/mol. The molecule has 0 unspecified atom stereocenters. The van der Waals surface area contributed by atoms with Gasteiger partial charge in [0.25, 0.3) is 0 Å². The second-order valence-electron chi connectivity index (χ2n) is 6.98. The number of anilines is 1. The van der Waals surface area contributed by atoms with Crippen molar-refractivity contribution in [3.05, 3.63) is 81.2 Å². The lowest BCUT2D eigenvalue weighted by Crippen LogP contribution is -2.23. The van der Waals surface area contributed by atoms with Crippen LogP contribution in [0.2, 0.25) is 5.02 Å². The molecule has 1 amide bonds. The number of halogens is 4. The molecule has 0 fully saturated rings. The van der Waals surface area contributed by atoms with Crippen LogP contribution in [0, 0.1) is 6.92 Å². The summed E-state index contributed by atoms with van der Waals surface area (Å²) in [5.41, 5.74) is -0.269. The minimum absolute atomic E-state index is 0.0307. The standard InChI is InChI=1S/C21H15ClF3N5O2/c1-12-8-19(30(28-12)17-9-13(21(23,24)25)6-7-15(17)22)27-20(32)11-29-16-5-3-2-4-14(16)18(31)10-26-29/h2-10H,11H2,1H3,(H,27,32). The minimum atomic E-state index is -4.57. The number of carbonyl (C=O) groups is 1. The first-order chi connectivity index (χ1) is 15.1. The van der Waals surface area contributed by atoms with Gasteiger partial charge in [-0.1, -0.05) is 23.7 Å². The molecule has 0 bridgehead atoms. The molecule has 0 saturated heterocycles. The van der Waals surface area contributed by atoms with Gasteiger partial charge in [0.05, 0.1) is 33.7 Å². The Morgan fingerprint density at radius 2 is 1.91 bits per heavy atom. The number of hydrogen-bond donors (Lipinski definition) is 1. The van der Waals surface area contributed by atoms with Crippen LogP contribution < -0.4 is 10.7 Å². The van der Waals surface area contributed by atoms with E-state index in [0.29, 0.717) is 16.6 Å². The summed E-state index contributed by atoms with van der Waals surface area (Å²) in [4.78, 5) is 24.7. The summed E-state index contributed by atoms with van der Waals surface area (Å²) in [5, 5.41) is 11.2. The summed E-state index contributed by atoms with van der Waals surface area (Å²) in [7, 11) is 0. The largest absolute Gasteiger partial charge is 0.416 e. The number of aromatic nitrogens is 4. The fraction of sp³-hybridized carbons (Fsp3) is 0.143. The highest BCUT2D eigenvalue weighted by Gasteiger charge is 2.31. The van der Waals surface area contributed by atoms with E-state index in [1.54, 1.807) is 31.2 Å². The van der Waals surface area contributed by atoms with Crippen LogP contribution in [-0.2, 0) is 17.5 Å². The average molecular weight is 462 g/mol. The van der Waals surface area contributed by atoms with Crippen LogP contribution in [0.4, 0.5) is 19.0 Å². The van der Waals surface area contributed by atoms with Crippen LogP contribution in [0.15, 0.2) is 59.5 Å². The van der Waals surface area contributed by atoms with Crippen molar-refractivity contribution in [2.24, 2.45) is 0 Å². The molecule has 2 aromatic heterocycles. The van der Waals surface area contributed by atoms with E-state index in [-0.39, 0.29) is 28.5 Å². The lowest BCUT2D eigenvalue weighted by atomic mass is 10.2. The van der Waals surface area contributed by atoms with Crippen LogP contribution in [0.1, 0.15) is 11.3 Å². The van der Waals surface area contributed by atoms with Crippen LogP contribution >= 0.6 is 11.6 Å². The van der Waals surface area contributed by atoms with Gasteiger partial charge in [0.1, 0.15) is 12.4 Å².